The van der Waals surface area contributed by atoms with Gasteiger partial charge in [-0.15, -0.1) is 0 Å². The Labute approximate surface area is 189 Å². The minimum atomic E-state index is -0.455. The number of esters is 1. The van der Waals surface area contributed by atoms with E-state index in [1.54, 1.807) is 16.8 Å². The molecular weight excluding hydrogens is 404 g/mol. The van der Waals surface area contributed by atoms with Gasteiger partial charge in [-0.2, -0.15) is 0 Å². The molecule has 1 aliphatic heterocycles. The summed E-state index contributed by atoms with van der Waals surface area (Å²) in [5.41, 5.74) is 1.48. The summed E-state index contributed by atoms with van der Waals surface area (Å²) in [7, 11) is 0. The first-order valence-corrected chi connectivity index (χ1v) is 12.3. The van der Waals surface area contributed by atoms with Crippen LogP contribution < -0.4 is 11.2 Å². The summed E-state index contributed by atoms with van der Waals surface area (Å²) < 4.78 is 7.33. The van der Waals surface area contributed by atoms with Crippen LogP contribution in [-0.2, 0) is 16.1 Å². The molecule has 0 unspecified atom stereocenters. The van der Waals surface area contributed by atoms with E-state index in [4.69, 9.17) is 4.74 Å². The minimum absolute atomic E-state index is 0.0238. The quantitative estimate of drug-likeness (QED) is 0.291. The molecule has 3 aliphatic rings. The lowest BCUT2D eigenvalue weighted by atomic mass is 9.56. The number of carbonyl (C=O) groups is 1. The van der Waals surface area contributed by atoms with E-state index >= 15 is 0 Å². The number of aromatic nitrogens is 2. The minimum Gasteiger partial charge on any atom is -0.458 e. The molecule has 1 aromatic heterocycles. The van der Waals surface area contributed by atoms with E-state index in [9.17, 15) is 14.4 Å². The number of nitrogens with one attached hydrogen (secondary N) is 1. The molecular formula is C26H36N2O4. The third-order valence-electron chi connectivity index (χ3n) is 7.93. The van der Waals surface area contributed by atoms with Gasteiger partial charge >= 0.3 is 11.7 Å². The lowest BCUT2D eigenvalue weighted by molar-refractivity contribution is -0.142. The number of H-pyrrole nitrogens is 1. The fourth-order valence-electron chi connectivity index (χ4n) is 6.09. The van der Waals surface area contributed by atoms with Crippen LogP contribution in [0.3, 0.4) is 0 Å². The van der Waals surface area contributed by atoms with Gasteiger partial charge in [0.05, 0.1) is 5.56 Å². The molecule has 32 heavy (non-hydrogen) atoms. The maximum absolute atomic E-state index is 12.8. The maximum Gasteiger partial charge on any atom is 0.334 e. The largest absolute Gasteiger partial charge is 0.458 e. The molecule has 2 saturated carbocycles. The van der Waals surface area contributed by atoms with E-state index in [0.29, 0.717) is 23.6 Å². The maximum atomic E-state index is 12.8. The van der Waals surface area contributed by atoms with E-state index in [-0.39, 0.29) is 23.4 Å². The van der Waals surface area contributed by atoms with Crippen LogP contribution in [0.4, 0.5) is 0 Å². The molecule has 0 amide bonds. The van der Waals surface area contributed by atoms with Gasteiger partial charge in [-0.25, -0.2) is 9.59 Å². The zero-order chi connectivity index (χ0) is 22.9. The van der Waals surface area contributed by atoms with Gasteiger partial charge in [0.1, 0.15) is 6.10 Å². The standard InChI is InChI=1S/C26H36N2O4/c1-4-5-6-7-8-12-28-16-18(23(29)27-25(28)31)13-20-19-14-21-17(2)10-9-11-26(21,3)15-22(19)32-24(20)30/h13,16,19,21-22H,2,4-12,14-15H2,1,3H3,(H,27,29,31)/b20-13+/t19-,21+,22-,26-/m1/s1. The smallest absolute Gasteiger partial charge is 0.334 e. The monoisotopic (exact) mass is 440 g/mol. The zero-order valence-electron chi connectivity index (χ0n) is 19.5. The lowest BCUT2D eigenvalue weighted by Crippen LogP contribution is -2.43. The summed E-state index contributed by atoms with van der Waals surface area (Å²) >= 11 is 0. The van der Waals surface area contributed by atoms with E-state index in [1.165, 1.54) is 18.4 Å². The average Bonchev–Trinajstić information content (AvgIpc) is 3.03. The van der Waals surface area contributed by atoms with Crippen LogP contribution in [0.2, 0.25) is 0 Å². The number of carbonyl (C=O) groups excluding carboxylic acids is 1. The molecule has 1 saturated heterocycles. The highest BCUT2D eigenvalue weighted by Crippen LogP contribution is 2.56. The van der Waals surface area contributed by atoms with Crippen molar-refractivity contribution in [1.82, 2.24) is 9.55 Å². The third-order valence-corrected chi connectivity index (χ3v) is 7.93. The first-order valence-electron chi connectivity index (χ1n) is 12.3. The van der Waals surface area contributed by atoms with Crippen LogP contribution in [0.25, 0.3) is 6.08 Å². The van der Waals surface area contributed by atoms with Crippen molar-refractivity contribution < 1.29 is 9.53 Å². The highest BCUT2D eigenvalue weighted by molar-refractivity contribution is 5.96. The Morgan fingerprint density at radius 1 is 1.25 bits per heavy atom. The molecule has 2 heterocycles. The second-order valence-corrected chi connectivity index (χ2v) is 10.3. The number of hydrogen-bond acceptors (Lipinski definition) is 4. The molecule has 174 valence electrons. The van der Waals surface area contributed by atoms with Gasteiger partial charge in [-0.3, -0.25) is 14.3 Å². The number of nitrogens with zero attached hydrogens (tertiary/aromatic N) is 1. The molecule has 0 radical (unpaired) electrons. The van der Waals surface area contributed by atoms with E-state index in [2.05, 4.69) is 25.4 Å². The Balaban J connectivity index is 1.57. The van der Waals surface area contributed by atoms with E-state index < -0.39 is 11.2 Å². The fraction of sp³-hybridized carbons (Fsp3) is 0.654. The topological polar surface area (TPSA) is 81.2 Å². The number of rotatable bonds is 7. The van der Waals surface area contributed by atoms with Crippen molar-refractivity contribution in [2.45, 2.75) is 90.7 Å². The fourth-order valence-corrected chi connectivity index (χ4v) is 6.09. The molecule has 1 aromatic rings. The van der Waals surface area contributed by atoms with Crippen molar-refractivity contribution in [3.8, 4) is 0 Å². The summed E-state index contributed by atoms with van der Waals surface area (Å²) in [5, 5.41) is 0. The highest BCUT2D eigenvalue weighted by Gasteiger charge is 2.53. The summed E-state index contributed by atoms with van der Waals surface area (Å²) in [5.74, 6) is 0.0274. The molecule has 4 atom stereocenters. The first-order chi connectivity index (χ1) is 15.3. The molecule has 4 rings (SSSR count). The van der Waals surface area contributed by atoms with Crippen LogP contribution in [0.5, 0.6) is 0 Å². The highest BCUT2D eigenvalue weighted by atomic mass is 16.6. The summed E-state index contributed by atoms with van der Waals surface area (Å²) in [6.07, 6.45) is 13.6. The predicted octanol–water partition coefficient (Wildman–Crippen LogP) is 4.59. The van der Waals surface area contributed by atoms with Gasteiger partial charge in [-0.05, 0) is 55.9 Å². The van der Waals surface area contributed by atoms with Crippen molar-refractivity contribution in [2.75, 3.05) is 0 Å². The van der Waals surface area contributed by atoms with Crippen molar-refractivity contribution in [3.63, 3.8) is 0 Å². The molecule has 2 aliphatic carbocycles. The normalized spacial score (nSPS) is 30.8. The Morgan fingerprint density at radius 3 is 2.81 bits per heavy atom. The Hall–Kier alpha value is -2.37. The SMILES string of the molecule is C=C1CCC[C@]2(C)C[C@H]3OC(=O)/C(=C/c4cn(CCCCCCC)c(=O)[nH]c4=O)[C@H]3C[C@@H]12. The zero-order valence-corrected chi connectivity index (χ0v) is 19.5. The number of hydrogen-bond donors (Lipinski definition) is 1. The van der Waals surface area contributed by atoms with Crippen molar-refractivity contribution >= 4 is 12.0 Å². The first kappa shape index (κ1) is 22.8. The van der Waals surface area contributed by atoms with Crippen LogP contribution in [0, 0.1) is 17.3 Å². The molecule has 3 fully saturated rings. The Kier molecular flexibility index (Phi) is 6.59. The van der Waals surface area contributed by atoms with Crippen molar-refractivity contribution in [1.29, 1.82) is 0 Å². The Morgan fingerprint density at radius 2 is 2.03 bits per heavy atom. The average molecular weight is 441 g/mol. The van der Waals surface area contributed by atoms with Crippen LogP contribution >= 0.6 is 0 Å². The second-order valence-electron chi connectivity index (χ2n) is 10.3. The van der Waals surface area contributed by atoms with Gasteiger partial charge in [0, 0.05) is 24.2 Å². The number of unbranched alkanes of at least 4 members (excludes halogenated alkanes) is 4. The molecule has 0 spiro atoms. The summed E-state index contributed by atoms with van der Waals surface area (Å²) in [4.78, 5) is 40.0. The third kappa shape index (κ3) is 4.41. The van der Waals surface area contributed by atoms with E-state index in [0.717, 1.165) is 51.4 Å². The predicted molar refractivity (Wildman–Crippen MR) is 125 cm³/mol. The number of fused-ring (bicyclic) bond motifs is 2. The number of ether oxygens (including phenoxy) is 1. The molecule has 6 heteroatoms. The van der Waals surface area contributed by atoms with Gasteiger partial charge in [0.2, 0.25) is 0 Å². The summed E-state index contributed by atoms with van der Waals surface area (Å²) in [6.45, 7) is 9.36. The molecule has 0 aromatic carbocycles. The Bertz CT molecular complexity index is 1030. The van der Waals surface area contributed by atoms with Crippen LogP contribution in [0.1, 0.15) is 83.6 Å². The second kappa shape index (κ2) is 9.24. The van der Waals surface area contributed by atoms with Gasteiger partial charge < -0.3 is 4.74 Å². The number of allylic oxidation sites excluding steroid dienone is 1. The van der Waals surface area contributed by atoms with Crippen molar-refractivity contribution in [3.05, 3.63) is 50.3 Å². The molecule has 6 nitrogen and oxygen atoms in total. The number of aromatic amines is 1. The van der Waals surface area contributed by atoms with Gasteiger partial charge in [0.15, 0.2) is 0 Å². The number of aryl methyl sites for hydroxylation is 1. The van der Waals surface area contributed by atoms with Crippen LogP contribution in [-0.4, -0.2) is 21.6 Å². The molecule has 1 N–H and O–H groups in total. The molecule has 0 bridgehead atoms. The van der Waals surface area contributed by atoms with Gasteiger partial charge in [0.25, 0.3) is 5.56 Å². The lowest BCUT2D eigenvalue weighted by Gasteiger charge is -2.49. The van der Waals surface area contributed by atoms with Gasteiger partial charge in [-0.1, -0.05) is 51.7 Å². The summed E-state index contributed by atoms with van der Waals surface area (Å²) in [6, 6.07) is 0. The van der Waals surface area contributed by atoms with E-state index in [1.807, 2.05) is 0 Å². The van der Waals surface area contributed by atoms with Crippen LogP contribution in [0.15, 0.2) is 33.5 Å². The van der Waals surface area contributed by atoms with Crippen molar-refractivity contribution in [2.24, 2.45) is 17.3 Å².